The van der Waals surface area contributed by atoms with Gasteiger partial charge in [-0.3, -0.25) is 0 Å². The maximum absolute atomic E-state index is 6.78. The summed E-state index contributed by atoms with van der Waals surface area (Å²) in [5.74, 6) is 0.784. The van der Waals surface area contributed by atoms with Crippen LogP contribution in [0.25, 0.3) is 0 Å². The number of ether oxygens (including phenoxy) is 1. The Kier molecular flexibility index (Phi) is 14.3. The quantitative estimate of drug-likeness (QED) is 0.245. The minimum absolute atomic E-state index is 0. The fraction of sp³-hybridized carbons (Fsp3) is 1.00. The van der Waals surface area contributed by atoms with Crippen LogP contribution in [0.1, 0.15) is 55.4 Å². The van der Waals surface area contributed by atoms with Gasteiger partial charge in [0.15, 0.2) is 16.6 Å². The molecule has 1 saturated carbocycles. The van der Waals surface area contributed by atoms with Crippen molar-refractivity contribution in [3.63, 3.8) is 0 Å². The van der Waals surface area contributed by atoms with Gasteiger partial charge in [0.1, 0.15) is 0 Å². The average Bonchev–Trinajstić information content (AvgIpc) is 3.08. The summed E-state index contributed by atoms with van der Waals surface area (Å²) >= 11 is 0. The van der Waals surface area contributed by atoms with Crippen molar-refractivity contribution in [3.05, 3.63) is 0 Å². The van der Waals surface area contributed by atoms with Crippen LogP contribution in [0, 0.1) is 5.92 Å². The largest absolute Gasteiger partial charge is 0.437 e. The third-order valence-corrected chi connectivity index (χ3v) is 18.1. The Balaban J connectivity index is -0.00000169. The molecule has 0 aromatic carbocycles. The molecule has 0 aromatic heterocycles. The van der Waals surface area contributed by atoms with Crippen LogP contribution >= 0.6 is 0 Å². The number of hydrogen-bond acceptors (Lipinski definition) is 4. The van der Waals surface area contributed by atoms with Crippen molar-refractivity contribution in [2.45, 2.75) is 133 Å². The van der Waals surface area contributed by atoms with Gasteiger partial charge in [0.05, 0.1) is 12.2 Å². The molecule has 29 heavy (non-hydrogen) atoms. The van der Waals surface area contributed by atoms with Crippen LogP contribution in [0.15, 0.2) is 0 Å². The van der Waals surface area contributed by atoms with Crippen molar-refractivity contribution >= 4 is 33.8 Å². The lowest BCUT2D eigenvalue weighted by Crippen LogP contribution is -2.56. The summed E-state index contributed by atoms with van der Waals surface area (Å²) in [6.07, 6.45) is 6.18. The van der Waals surface area contributed by atoms with E-state index in [2.05, 4.69) is 58.9 Å². The molecule has 1 saturated heterocycles. The van der Waals surface area contributed by atoms with E-state index in [9.17, 15) is 0 Å². The van der Waals surface area contributed by atoms with Crippen molar-refractivity contribution in [1.29, 1.82) is 0 Å². The summed E-state index contributed by atoms with van der Waals surface area (Å²) < 4.78 is 25.6. The van der Waals surface area contributed by atoms with Crippen LogP contribution in [0.4, 0.5) is 0 Å². The Morgan fingerprint density at radius 2 is 1.21 bits per heavy atom. The third-order valence-electron chi connectivity index (χ3n) is 4.66. The molecule has 2 aliphatic rings. The molecule has 0 amide bonds. The first-order valence-electron chi connectivity index (χ1n) is 9.92. The monoisotopic (exact) mass is 484 g/mol. The normalized spacial score (nSPS) is 25.8. The van der Waals surface area contributed by atoms with E-state index in [0.717, 1.165) is 12.0 Å². The lowest BCUT2D eigenvalue weighted by Gasteiger charge is -2.41. The number of rotatable bonds is 9. The van der Waals surface area contributed by atoms with Crippen LogP contribution in [0.3, 0.4) is 0 Å². The lowest BCUT2D eigenvalue weighted by atomic mass is 9.88. The Labute approximate surface area is 189 Å². The summed E-state index contributed by atoms with van der Waals surface area (Å²) in [6.45, 7) is 20.3. The van der Waals surface area contributed by atoms with Gasteiger partial charge in [0, 0.05) is 0 Å². The molecule has 1 aliphatic heterocycles. The van der Waals surface area contributed by atoms with E-state index >= 15 is 0 Å². The Hall–Kier alpha value is 0.708. The van der Waals surface area contributed by atoms with Crippen LogP contribution in [-0.4, -0.2) is 46.0 Å². The van der Waals surface area contributed by atoms with Crippen LogP contribution in [0.2, 0.25) is 65.0 Å². The maximum atomic E-state index is 6.78. The van der Waals surface area contributed by atoms with E-state index in [4.69, 9.17) is 17.1 Å². The predicted octanol–water partition coefficient (Wildman–Crippen LogP) is 7.98. The second-order valence-corrected chi connectivity index (χ2v) is 27.0. The van der Waals surface area contributed by atoms with Crippen molar-refractivity contribution < 1.29 is 17.1 Å². The predicted molar refractivity (Wildman–Crippen MR) is 141 cm³/mol. The van der Waals surface area contributed by atoms with Gasteiger partial charge in [-0.2, -0.15) is 0 Å². The highest BCUT2D eigenvalue weighted by atomic mass is 28.5. The molecular formula is C21H56O4Si4. The molecule has 2 rings (SSSR count). The molecule has 180 valence electrons. The second-order valence-electron chi connectivity index (χ2n) is 10.5. The molecular weight excluding hydrogens is 429 g/mol. The average molecular weight is 485 g/mol. The molecule has 8 heteroatoms. The smallest absolute Gasteiger partial charge is 0.315 e. The lowest BCUT2D eigenvalue weighted by molar-refractivity contribution is 0.309. The van der Waals surface area contributed by atoms with E-state index in [1.54, 1.807) is 0 Å². The van der Waals surface area contributed by atoms with Crippen molar-refractivity contribution in [1.82, 2.24) is 0 Å². The van der Waals surface area contributed by atoms with Crippen molar-refractivity contribution in [2.75, 3.05) is 0 Å². The van der Waals surface area contributed by atoms with Gasteiger partial charge in [-0.25, -0.2) is 0 Å². The molecule has 4 atom stereocenters. The second kappa shape index (κ2) is 12.1. The Bertz CT molecular complexity index is 463. The van der Waals surface area contributed by atoms with Crippen LogP contribution in [0.5, 0.6) is 0 Å². The van der Waals surface area contributed by atoms with Gasteiger partial charge in [0.25, 0.3) is 0 Å². The van der Waals surface area contributed by atoms with Gasteiger partial charge in [0.2, 0.25) is 0 Å². The SMILES string of the molecule is C.C.C.C.C[Si](C)(C)O[Si](C)(C)O[Si](C)(CCC1CCC2OC2C1)O[Si](C)(C)C. The Morgan fingerprint density at radius 3 is 1.66 bits per heavy atom. The highest BCUT2D eigenvalue weighted by molar-refractivity contribution is 6.89. The van der Waals surface area contributed by atoms with Gasteiger partial charge in [-0.15, -0.1) is 0 Å². The minimum Gasteiger partial charge on any atom is -0.437 e. The number of hydrogen-bond donors (Lipinski definition) is 0. The zero-order valence-electron chi connectivity index (χ0n) is 17.9. The standard InChI is InChI=1S/C17H40O4Si4.4CH4/c1-22(2,3)19-24(7,8)21-25(9,20-23(4,5)6)13-12-15-10-11-16-17(14-15)18-16;;;;/h15-17H,10-14H2,1-9H3;4*1H4. The zero-order chi connectivity index (χ0) is 19.1. The number of epoxide rings is 1. The van der Waals surface area contributed by atoms with Crippen LogP contribution < -0.4 is 0 Å². The fourth-order valence-corrected chi connectivity index (χ4v) is 22.3. The van der Waals surface area contributed by atoms with Gasteiger partial charge < -0.3 is 17.1 Å². The molecule has 4 unspecified atom stereocenters. The highest BCUT2D eigenvalue weighted by Gasteiger charge is 2.47. The number of fused-ring (bicyclic) bond motifs is 1. The summed E-state index contributed by atoms with van der Waals surface area (Å²) in [6, 6.07) is 1.09. The first-order valence-corrected chi connectivity index (χ1v) is 22.1. The van der Waals surface area contributed by atoms with E-state index in [1.807, 2.05) is 0 Å². The molecule has 0 N–H and O–H groups in total. The van der Waals surface area contributed by atoms with Gasteiger partial charge in [-0.05, 0) is 96.6 Å². The molecule has 1 heterocycles. The van der Waals surface area contributed by atoms with E-state index < -0.39 is 33.8 Å². The summed E-state index contributed by atoms with van der Waals surface area (Å²) in [5, 5.41) is 0. The van der Waals surface area contributed by atoms with Crippen LogP contribution in [-0.2, 0) is 17.1 Å². The zero-order valence-corrected chi connectivity index (χ0v) is 21.9. The first kappa shape index (κ1) is 34.3. The summed E-state index contributed by atoms with van der Waals surface area (Å²) in [5.41, 5.74) is 0. The summed E-state index contributed by atoms with van der Waals surface area (Å²) in [4.78, 5) is 0. The molecule has 2 fully saturated rings. The van der Waals surface area contributed by atoms with E-state index in [-0.39, 0.29) is 29.7 Å². The molecule has 0 spiro atoms. The third kappa shape index (κ3) is 13.0. The maximum Gasteiger partial charge on any atom is 0.315 e. The van der Waals surface area contributed by atoms with Gasteiger partial charge >= 0.3 is 17.1 Å². The molecule has 0 radical (unpaired) electrons. The van der Waals surface area contributed by atoms with E-state index in [1.165, 1.54) is 25.7 Å². The highest BCUT2D eigenvalue weighted by Crippen LogP contribution is 2.42. The molecule has 0 bridgehead atoms. The first-order chi connectivity index (χ1) is 11.2. The molecule has 1 aliphatic carbocycles. The van der Waals surface area contributed by atoms with Gasteiger partial charge in [-0.1, -0.05) is 29.7 Å². The van der Waals surface area contributed by atoms with Crippen molar-refractivity contribution in [2.24, 2.45) is 5.92 Å². The topological polar surface area (TPSA) is 40.2 Å². The van der Waals surface area contributed by atoms with Crippen molar-refractivity contribution in [3.8, 4) is 0 Å². The fourth-order valence-electron chi connectivity index (χ4n) is 4.26. The molecule has 0 aromatic rings. The minimum atomic E-state index is -2.23. The molecule has 4 nitrogen and oxygen atoms in total. The Morgan fingerprint density at radius 1 is 0.690 bits per heavy atom. The summed E-state index contributed by atoms with van der Waals surface area (Å²) in [7, 11) is -7.67. The van der Waals surface area contributed by atoms with E-state index in [0.29, 0.717) is 12.2 Å².